The molecule has 0 saturated heterocycles. The summed E-state index contributed by atoms with van der Waals surface area (Å²) < 4.78 is 31.6. The predicted molar refractivity (Wildman–Crippen MR) is 85.8 cm³/mol. The van der Waals surface area contributed by atoms with E-state index < -0.39 is 10.0 Å². The Morgan fingerprint density at radius 2 is 1.62 bits per heavy atom. The average molecular weight is 346 g/mol. The summed E-state index contributed by atoms with van der Waals surface area (Å²) in [5.74, 6) is 0.449. The third-order valence-corrected chi connectivity index (χ3v) is 4.19. The predicted octanol–water partition coefficient (Wildman–Crippen LogP) is 3.81. The van der Waals surface area contributed by atoms with Crippen molar-refractivity contribution in [1.82, 2.24) is 0 Å². The molecule has 0 radical (unpaired) electrons. The minimum absolute atomic E-state index is 0.0493. The molecule has 0 bridgehead atoms. The fourth-order valence-corrected chi connectivity index (χ4v) is 3.04. The van der Waals surface area contributed by atoms with Crippen molar-refractivity contribution in [2.24, 2.45) is 0 Å². The molecule has 2 aromatic rings. The maximum Gasteiger partial charge on any atom is 0.236 e. The first-order valence-electron chi connectivity index (χ1n) is 6.09. The van der Waals surface area contributed by atoms with E-state index in [1.54, 1.807) is 12.1 Å². The Bertz CT molecular complexity index is 685. The second-order valence-corrected chi connectivity index (χ2v) is 6.96. The molecule has 0 saturated carbocycles. The van der Waals surface area contributed by atoms with Crippen LogP contribution in [0.15, 0.2) is 48.5 Å². The van der Waals surface area contributed by atoms with E-state index >= 15 is 0 Å². The van der Waals surface area contributed by atoms with Crippen LogP contribution in [-0.4, -0.2) is 20.8 Å². The summed E-state index contributed by atoms with van der Waals surface area (Å²) in [6, 6.07) is 13.5. The minimum atomic E-state index is -3.53. The van der Waals surface area contributed by atoms with E-state index in [1.165, 1.54) is 18.2 Å². The second kappa shape index (κ2) is 7.02. The van der Waals surface area contributed by atoms with E-state index in [1.807, 2.05) is 18.2 Å². The Morgan fingerprint density at radius 3 is 2.24 bits per heavy atom. The fourth-order valence-electron chi connectivity index (χ4n) is 1.63. The number of sulfonamides is 1. The van der Waals surface area contributed by atoms with Gasteiger partial charge >= 0.3 is 0 Å². The summed E-state index contributed by atoms with van der Waals surface area (Å²) in [7, 11) is -3.53. The Morgan fingerprint density at radius 1 is 1.00 bits per heavy atom. The monoisotopic (exact) mass is 345 g/mol. The highest BCUT2D eigenvalue weighted by atomic mass is 35.5. The van der Waals surface area contributed by atoms with Crippen molar-refractivity contribution in [1.29, 1.82) is 0 Å². The van der Waals surface area contributed by atoms with Gasteiger partial charge < -0.3 is 4.74 Å². The minimum Gasteiger partial charge on any atom is -0.492 e. The van der Waals surface area contributed by atoms with Gasteiger partial charge in [0.2, 0.25) is 10.0 Å². The smallest absolute Gasteiger partial charge is 0.236 e. The van der Waals surface area contributed by atoms with Crippen LogP contribution in [0.5, 0.6) is 5.75 Å². The lowest BCUT2D eigenvalue weighted by atomic mass is 10.3. The normalized spacial score (nSPS) is 11.1. The van der Waals surface area contributed by atoms with Crippen molar-refractivity contribution in [3.63, 3.8) is 0 Å². The highest BCUT2D eigenvalue weighted by Crippen LogP contribution is 2.23. The first-order valence-corrected chi connectivity index (χ1v) is 8.50. The Kier molecular flexibility index (Phi) is 5.33. The van der Waals surface area contributed by atoms with Gasteiger partial charge in [0, 0.05) is 10.0 Å². The molecule has 0 amide bonds. The summed E-state index contributed by atoms with van der Waals surface area (Å²) in [5.41, 5.74) is 0.326. The summed E-state index contributed by atoms with van der Waals surface area (Å²) in [6.07, 6.45) is 0. The molecule has 1 N–H and O–H groups in total. The van der Waals surface area contributed by atoms with Crippen LogP contribution in [0.2, 0.25) is 10.0 Å². The quantitative estimate of drug-likeness (QED) is 0.865. The molecule has 0 heterocycles. The molecule has 0 aromatic heterocycles. The molecule has 2 aromatic carbocycles. The van der Waals surface area contributed by atoms with Crippen molar-refractivity contribution in [3.8, 4) is 5.75 Å². The van der Waals surface area contributed by atoms with E-state index in [4.69, 9.17) is 27.9 Å². The first-order chi connectivity index (χ1) is 9.94. The largest absolute Gasteiger partial charge is 0.492 e. The Labute approximate surface area is 133 Å². The van der Waals surface area contributed by atoms with Gasteiger partial charge in [-0.05, 0) is 30.3 Å². The SMILES string of the molecule is O=S(=O)(CCOc1ccccc1)Nc1cc(Cl)cc(Cl)c1. The van der Waals surface area contributed by atoms with Gasteiger partial charge in [0.15, 0.2) is 0 Å². The van der Waals surface area contributed by atoms with E-state index in [-0.39, 0.29) is 12.4 Å². The number of hydrogen-bond acceptors (Lipinski definition) is 3. The molecule has 7 heteroatoms. The molecule has 0 aliphatic carbocycles. The van der Waals surface area contributed by atoms with Gasteiger partial charge in [-0.25, -0.2) is 8.42 Å². The zero-order valence-corrected chi connectivity index (χ0v) is 13.3. The van der Waals surface area contributed by atoms with Crippen LogP contribution in [0, 0.1) is 0 Å². The molecule has 4 nitrogen and oxygen atoms in total. The maximum absolute atomic E-state index is 11.9. The lowest BCUT2D eigenvalue weighted by Gasteiger charge is -2.10. The topological polar surface area (TPSA) is 55.4 Å². The third-order valence-electron chi connectivity index (χ3n) is 2.50. The number of halogens is 2. The molecule has 0 aliphatic rings. The molecule has 0 fully saturated rings. The molecule has 2 rings (SSSR count). The van der Waals surface area contributed by atoms with Gasteiger partial charge in [-0.1, -0.05) is 41.4 Å². The molecule has 112 valence electrons. The zero-order valence-electron chi connectivity index (χ0n) is 10.9. The summed E-state index contributed by atoms with van der Waals surface area (Å²) in [4.78, 5) is 0. The van der Waals surface area contributed by atoms with Crippen LogP contribution in [0.4, 0.5) is 5.69 Å². The van der Waals surface area contributed by atoms with E-state index in [0.717, 1.165) is 0 Å². The van der Waals surface area contributed by atoms with Gasteiger partial charge in [-0.3, -0.25) is 4.72 Å². The molecular formula is C14H13Cl2NO3S. The maximum atomic E-state index is 11.9. The second-order valence-electron chi connectivity index (χ2n) is 4.24. The lowest BCUT2D eigenvalue weighted by Crippen LogP contribution is -2.21. The highest BCUT2D eigenvalue weighted by molar-refractivity contribution is 7.92. The van der Waals surface area contributed by atoms with E-state index in [9.17, 15) is 8.42 Å². The van der Waals surface area contributed by atoms with Gasteiger partial charge in [0.05, 0.1) is 5.69 Å². The molecular weight excluding hydrogens is 333 g/mol. The highest BCUT2D eigenvalue weighted by Gasteiger charge is 2.11. The molecule has 0 spiro atoms. The van der Waals surface area contributed by atoms with Gasteiger partial charge in [-0.15, -0.1) is 0 Å². The van der Waals surface area contributed by atoms with Crippen molar-refractivity contribution in [2.75, 3.05) is 17.1 Å². The fraction of sp³-hybridized carbons (Fsp3) is 0.143. The van der Waals surface area contributed by atoms with E-state index in [0.29, 0.717) is 21.5 Å². The number of hydrogen-bond donors (Lipinski definition) is 1. The Balaban J connectivity index is 1.93. The van der Waals surface area contributed by atoms with Gasteiger partial charge in [0.25, 0.3) is 0 Å². The molecule has 0 aliphatic heterocycles. The van der Waals surface area contributed by atoms with Crippen LogP contribution in [0.25, 0.3) is 0 Å². The molecule has 0 atom stereocenters. The van der Waals surface area contributed by atoms with Crippen LogP contribution < -0.4 is 9.46 Å². The standard InChI is InChI=1S/C14H13Cl2NO3S/c15-11-8-12(16)10-13(9-11)17-21(18,19)7-6-20-14-4-2-1-3-5-14/h1-5,8-10,17H,6-7H2. The summed E-state index contributed by atoms with van der Waals surface area (Å²) >= 11 is 11.6. The van der Waals surface area contributed by atoms with Crippen LogP contribution in [-0.2, 0) is 10.0 Å². The van der Waals surface area contributed by atoms with Gasteiger partial charge in [-0.2, -0.15) is 0 Å². The van der Waals surface area contributed by atoms with Crippen LogP contribution >= 0.6 is 23.2 Å². The zero-order chi connectivity index (χ0) is 15.3. The first kappa shape index (κ1) is 15.9. The summed E-state index contributed by atoms with van der Waals surface area (Å²) in [6.45, 7) is 0.0493. The van der Waals surface area contributed by atoms with Crippen molar-refractivity contribution in [3.05, 3.63) is 58.6 Å². The third kappa shape index (κ3) is 5.46. The number of ether oxygens (including phenoxy) is 1. The van der Waals surface area contributed by atoms with Gasteiger partial charge in [0.1, 0.15) is 18.1 Å². The van der Waals surface area contributed by atoms with Crippen LogP contribution in [0.1, 0.15) is 0 Å². The van der Waals surface area contributed by atoms with E-state index in [2.05, 4.69) is 4.72 Å². The average Bonchev–Trinajstić information content (AvgIpc) is 2.37. The number of para-hydroxylation sites is 1. The molecule has 0 unspecified atom stereocenters. The Hall–Kier alpha value is -1.43. The van der Waals surface area contributed by atoms with Crippen molar-refractivity contribution < 1.29 is 13.2 Å². The summed E-state index contributed by atoms with van der Waals surface area (Å²) in [5, 5.41) is 0.724. The van der Waals surface area contributed by atoms with Crippen molar-refractivity contribution >= 4 is 38.9 Å². The number of benzene rings is 2. The number of rotatable bonds is 6. The lowest BCUT2D eigenvalue weighted by molar-refractivity contribution is 0.341. The number of nitrogens with one attached hydrogen (secondary N) is 1. The van der Waals surface area contributed by atoms with Crippen molar-refractivity contribution in [2.45, 2.75) is 0 Å². The molecule has 21 heavy (non-hydrogen) atoms. The number of anilines is 1. The van der Waals surface area contributed by atoms with Crippen LogP contribution in [0.3, 0.4) is 0 Å².